The number of rotatable bonds is 1. The van der Waals surface area contributed by atoms with Crippen LogP contribution in [-0.4, -0.2) is 29.8 Å². The molecule has 0 unspecified atom stereocenters. The van der Waals surface area contributed by atoms with E-state index in [2.05, 4.69) is 5.32 Å². The number of carbonyl (C=O) groups is 1. The van der Waals surface area contributed by atoms with Gasteiger partial charge in [-0.3, -0.25) is 4.79 Å². The van der Waals surface area contributed by atoms with Crippen molar-refractivity contribution >= 4 is 5.97 Å². The van der Waals surface area contributed by atoms with Gasteiger partial charge < -0.3 is 10.4 Å². The molecule has 0 aromatic rings. The topological polar surface area (TPSA) is 49.3 Å². The molecule has 0 saturated carbocycles. The Morgan fingerprint density at radius 3 is 2.31 bits per heavy atom. The molecule has 0 spiro atoms. The smallest absolute Gasteiger partial charge is 0.403 e. The summed E-state index contributed by atoms with van der Waals surface area (Å²) in [5.41, 5.74) is 0. The zero-order valence-corrected chi connectivity index (χ0v) is 6.77. The lowest BCUT2D eigenvalue weighted by molar-refractivity contribution is -0.166. The monoisotopic (exact) mass is 197 g/mol. The van der Waals surface area contributed by atoms with Gasteiger partial charge in [-0.05, 0) is 12.8 Å². The summed E-state index contributed by atoms with van der Waals surface area (Å²) in [5.74, 6) is -1.72. The van der Waals surface area contributed by atoms with E-state index in [1.807, 2.05) is 0 Å². The first-order valence-electron chi connectivity index (χ1n) is 3.94. The predicted molar refractivity (Wildman–Crippen MR) is 38.2 cm³/mol. The van der Waals surface area contributed by atoms with Gasteiger partial charge in [0.2, 0.25) is 0 Å². The molecule has 0 aromatic heterocycles. The van der Waals surface area contributed by atoms with Gasteiger partial charge >= 0.3 is 12.1 Å². The quantitative estimate of drug-likeness (QED) is 0.659. The number of alkyl halides is 3. The largest absolute Gasteiger partial charge is 0.481 e. The number of nitrogens with one attached hydrogen (secondary N) is 1. The third kappa shape index (κ3) is 2.58. The number of carboxylic acid groups (broad SMARTS) is 1. The first kappa shape index (κ1) is 10.3. The van der Waals surface area contributed by atoms with Crippen molar-refractivity contribution in [2.24, 2.45) is 5.92 Å². The highest BCUT2D eigenvalue weighted by Crippen LogP contribution is 2.27. The normalized spacial score (nSPS) is 30.1. The molecule has 0 amide bonds. The van der Waals surface area contributed by atoms with E-state index in [1.54, 1.807) is 0 Å². The summed E-state index contributed by atoms with van der Waals surface area (Å²) in [6, 6.07) is -1.54. The number of aliphatic carboxylic acids is 1. The average molecular weight is 197 g/mol. The molecule has 2 N–H and O–H groups in total. The number of hydrogen-bond donors (Lipinski definition) is 2. The van der Waals surface area contributed by atoms with Crippen LogP contribution >= 0.6 is 0 Å². The van der Waals surface area contributed by atoms with Crippen LogP contribution in [0, 0.1) is 5.92 Å². The molecule has 1 rings (SSSR count). The first-order chi connectivity index (χ1) is 5.91. The van der Waals surface area contributed by atoms with E-state index in [4.69, 9.17) is 5.11 Å². The Morgan fingerprint density at radius 1 is 1.38 bits per heavy atom. The fraction of sp³-hybridized carbons (Fsp3) is 0.857. The van der Waals surface area contributed by atoms with Crippen LogP contribution in [0.15, 0.2) is 0 Å². The second-order valence-electron chi connectivity index (χ2n) is 3.11. The Morgan fingerprint density at radius 2 is 2.00 bits per heavy atom. The second-order valence-corrected chi connectivity index (χ2v) is 3.11. The lowest BCUT2D eigenvalue weighted by Gasteiger charge is -2.28. The highest BCUT2D eigenvalue weighted by atomic mass is 19.4. The molecule has 1 heterocycles. The standard InChI is InChI=1S/C7H10F3NO2/c8-7(9,10)5-2-1-4(3-11-5)6(12)13/h4-5,11H,1-3H2,(H,12,13)/t4-,5+/m0/s1. The second kappa shape index (κ2) is 3.53. The zero-order valence-electron chi connectivity index (χ0n) is 6.77. The minimum atomic E-state index is -4.26. The maximum Gasteiger partial charge on any atom is 0.403 e. The van der Waals surface area contributed by atoms with Crippen LogP contribution in [0.4, 0.5) is 13.2 Å². The Bertz CT molecular complexity index is 196. The van der Waals surface area contributed by atoms with Gasteiger partial charge in [0.25, 0.3) is 0 Å². The van der Waals surface area contributed by atoms with Gasteiger partial charge in [-0.15, -0.1) is 0 Å². The van der Waals surface area contributed by atoms with E-state index in [0.29, 0.717) is 0 Å². The minimum absolute atomic E-state index is 0.0898. The van der Waals surface area contributed by atoms with Crippen LogP contribution in [0.5, 0.6) is 0 Å². The molecular formula is C7H10F3NO2. The molecule has 1 aliphatic heterocycles. The molecule has 1 saturated heterocycles. The molecule has 0 bridgehead atoms. The highest BCUT2D eigenvalue weighted by molar-refractivity contribution is 5.70. The average Bonchev–Trinajstić information content (AvgIpc) is 2.03. The summed E-state index contributed by atoms with van der Waals surface area (Å²) in [4.78, 5) is 10.4. The van der Waals surface area contributed by atoms with E-state index in [1.165, 1.54) is 0 Å². The van der Waals surface area contributed by atoms with Crippen molar-refractivity contribution in [1.82, 2.24) is 5.32 Å². The molecule has 0 aliphatic carbocycles. The molecule has 3 nitrogen and oxygen atoms in total. The predicted octanol–water partition coefficient (Wildman–Crippen LogP) is 1.00. The summed E-state index contributed by atoms with van der Waals surface area (Å²) in [6.07, 6.45) is -4.32. The van der Waals surface area contributed by atoms with Gasteiger partial charge in [-0.1, -0.05) is 0 Å². The van der Waals surface area contributed by atoms with Crippen molar-refractivity contribution < 1.29 is 23.1 Å². The number of hydrogen-bond acceptors (Lipinski definition) is 2. The van der Waals surface area contributed by atoms with Crippen LogP contribution in [0.2, 0.25) is 0 Å². The van der Waals surface area contributed by atoms with Gasteiger partial charge in [0.05, 0.1) is 5.92 Å². The molecule has 1 fully saturated rings. The zero-order chi connectivity index (χ0) is 10.1. The van der Waals surface area contributed by atoms with E-state index < -0.39 is 24.1 Å². The molecule has 76 valence electrons. The number of carboxylic acids is 1. The summed E-state index contributed by atoms with van der Waals surface area (Å²) in [7, 11) is 0. The van der Waals surface area contributed by atoms with Gasteiger partial charge in [0.1, 0.15) is 6.04 Å². The van der Waals surface area contributed by atoms with Crippen LogP contribution < -0.4 is 5.32 Å². The van der Waals surface area contributed by atoms with E-state index in [-0.39, 0.29) is 19.4 Å². The van der Waals surface area contributed by atoms with Crippen LogP contribution in [0.3, 0.4) is 0 Å². The van der Waals surface area contributed by atoms with E-state index >= 15 is 0 Å². The number of halogens is 3. The Labute approximate surface area is 72.9 Å². The van der Waals surface area contributed by atoms with Crippen LogP contribution in [0.25, 0.3) is 0 Å². The van der Waals surface area contributed by atoms with Gasteiger partial charge in [0, 0.05) is 6.54 Å². The molecule has 1 aliphatic rings. The summed E-state index contributed by atoms with van der Waals surface area (Å²) in [6.45, 7) is -0.0977. The van der Waals surface area contributed by atoms with E-state index in [0.717, 1.165) is 0 Å². The number of piperidine rings is 1. The minimum Gasteiger partial charge on any atom is -0.481 e. The maximum atomic E-state index is 12.1. The highest BCUT2D eigenvalue weighted by Gasteiger charge is 2.42. The van der Waals surface area contributed by atoms with Crippen molar-refractivity contribution in [3.05, 3.63) is 0 Å². The summed E-state index contributed by atoms with van der Waals surface area (Å²) >= 11 is 0. The first-order valence-corrected chi connectivity index (χ1v) is 3.94. The lowest BCUT2D eigenvalue weighted by Crippen LogP contribution is -2.49. The Hall–Kier alpha value is -0.780. The van der Waals surface area contributed by atoms with Gasteiger partial charge in [-0.2, -0.15) is 13.2 Å². The molecular weight excluding hydrogens is 187 g/mol. The van der Waals surface area contributed by atoms with E-state index in [9.17, 15) is 18.0 Å². The lowest BCUT2D eigenvalue weighted by atomic mass is 9.95. The van der Waals surface area contributed by atoms with Crippen LogP contribution in [-0.2, 0) is 4.79 Å². The van der Waals surface area contributed by atoms with Crippen molar-refractivity contribution in [2.45, 2.75) is 25.1 Å². The Kier molecular flexibility index (Phi) is 2.80. The third-order valence-corrected chi connectivity index (χ3v) is 2.16. The Balaban J connectivity index is 2.44. The fourth-order valence-corrected chi connectivity index (χ4v) is 1.35. The molecule has 0 radical (unpaired) electrons. The van der Waals surface area contributed by atoms with Crippen LogP contribution in [0.1, 0.15) is 12.8 Å². The van der Waals surface area contributed by atoms with Gasteiger partial charge in [-0.25, -0.2) is 0 Å². The van der Waals surface area contributed by atoms with Crippen molar-refractivity contribution in [2.75, 3.05) is 6.54 Å². The molecule has 6 heteroatoms. The summed E-state index contributed by atoms with van der Waals surface area (Å²) < 4.78 is 36.2. The SMILES string of the molecule is O=C(O)[C@H]1CC[C@H](C(F)(F)F)NC1. The third-order valence-electron chi connectivity index (χ3n) is 2.16. The van der Waals surface area contributed by atoms with Crippen molar-refractivity contribution in [1.29, 1.82) is 0 Å². The summed E-state index contributed by atoms with van der Waals surface area (Å²) in [5, 5.41) is 10.7. The van der Waals surface area contributed by atoms with Crippen molar-refractivity contribution in [3.63, 3.8) is 0 Å². The fourth-order valence-electron chi connectivity index (χ4n) is 1.35. The maximum absolute atomic E-state index is 12.1. The van der Waals surface area contributed by atoms with Crippen molar-refractivity contribution in [3.8, 4) is 0 Å². The van der Waals surface area contributed by atoms with Gasteiger partial charge in [0.15, 0.2) is 0 Å². The molecule has 13 heavy (non-hydrogen) atoms. The molecule has 0 aromatic carbocycles. The molecule has 2 atom stereocenters.